The first-order chi connectivity index (χ1) is 17.7. The van der Waals surface area contributed by atoms with Crippen molar-refractivity contribution in [2.45, 2.75) is 37.3 Å². The van der Waals surface area contributed by atoms with Gasteiger partial charge < -0.3 is 20.2 Å². The lowest BCUT2D eigenvalue weighted by atomic mass is 9.93. The molecule has 2 saturated heterocycles. The summed E-state index contributed by atoms with van der Waals surface area (Å²) < 4.78 is 15.3. The molecule has 1 atom stereocenters. The first-order valence-corrected chi connectivity index (χ1v) is 14.2. The molecule has 0 radical (unpaired) electrons. The highest BCUT2D eigenvalue weighted by atomic mass is 79.9. The van der Waals surface area contributed by atoms with E-state index in [9.17, 15) is 14.0 Å². The Balaban J connectivity index is 1.31. The molecule has 7 nitrogen and oxygen atoms in total. The summed E-state index contributed by atoms with van der Waals surface area (Å²) >= 11 is 6.91. The van der Waals surface area contributed by atoms with Gasteiger partial charge in [0.2, 0.25) is 0 Å². The molecule has 0 bridgehead atoms. The van der Waals surface area contributed by atoms with Crippen LogP contribution in [-0.4, -0.2) is 90.2 Å². The van der Waals surface area contributed by atoms with Crippen molar-refractivity contribution in [3.8, 4) is 0 Å². The zero-order valence-corrected chi connectivity index (χ0v) is 24.0. The number of halogens is 3. The zero-order chi connectivity index (χ0) is 26.5. The highest BCUT2D eigenvalue weighted by molar-refractivity contribution is 9.11. The van der Waals surface area contributed by atoms with Gasteiger partial charge in [-0.25, -0.2) is 9.18 Å². The average Bonchev–Trinajstić information content (AvgIpc) is 2.82. The summed E-state index contributed by atoms with van der Waals surface area (Å²) in [4.78, 5) is 30.7. The normalized spacial score (nSPS) is 18.3. The number of piperidine rings is 1. The summed E-state index contributed by atoms with van der Waals surface area (Å²) in [6, 6.07) is 12.7. The Morgan fingerprint density at radius 1 is 1.11 bits per heavy atom. The number of benzene rings is 2. The molecule has 4 rings (SSSR count). The van der Waals surface area contributed by atoms with Gasteiger partial charge in [0, 0.05) is 72.3 Å². The number of carbonyl (C=O) groups is 2. The minimum absolute atomic E-state index is 0.0548. The number of nitrogens with one attached hydrogen (secondary N) is 1. The number of hydrogen-bond acceptors (Lipinski definition) is 4. The molecule has 200 valence electrons. The third-order valence-corrected chi connectivity index (χ3v) is 8.31. The van der Waals surface area contributed by atoms with Crippen LogP contribution in [0.4, 0.5) is 9.18 Å². The van der Waals surface area contributed by atoms with Crippen molar-refractivity contribution in [1.29, 1.82) is 0 Å². The van der Waals surface area contributed by atoms with E-state index in [1.54, 1.807) is 4.90 Å². The minimum Gasteiger partial charge on any atom is -0.465 e. The Hall–Kier alpha value is -2.01. The van der Waals surface area contributed by atoms with E-state index in [-0.39, 0.29) is 23.7 Å². The predicted octanol–water partition coefficient (Wildman–Crippen LogP) is 5.01. The topological polar surface area (TPSA) is 76.1 Å². The third-order valence-electron chi connectivity index (χ3n) is 7.40. The molecule has 2 heterocycles. The molecule has 10 heteroatoms. The average molecular weight is 640 g/mol. The molecular weight excluding hydrogens is 607 g/mol. The summed E-state index contributed by atoms with van der Waals surface area (Å²) in [6.45, 7) is 5.26. The fourth-order valence-corrected chi connectivity index (χ4v) is 6.58. The summed E-state index contributed by atoms with van der Waals surface area (Å²) in [5.74, 6) is -0.236. The molecule has 0 saturated carbocycles. The van der Waals surface area contributed by atoms with E-state index in [0.717, 1.165) is 66.5 Å². The SMILES string of the molecule is CN(CC(CCN1CC(N2CCC(NC(=O)O)CC2)C1)c1ccc(F)cc1)C(=O)c1cc(Br)cc(Br)c1. The first-order valence-electron chi connectivity index (χ1n) is 12.6. The van der Waals surface area contributed by atoms with Gasteiger partial charge in [-0.2, -0.15) is 0 Å². The molecule has 2 fully saturated rings. The molecule has 2 amide bonds. The number of rotatable bonds is 9. The van der Waals surface area contributed by atoms with Crippen molar-refractivity contribution in [2.75, 3.05) is 46.3 Å². The van der Waals surface area contributed by atoms with Crippen LogP contribution in [0.5, 0.6) is 0 Å². The Morgan fingerprint density at radius 2 is 1.73 bits per heavy atom. The lowest BCUT2D eigenvalue weighted by molar-refractivity contribution is 0.0168. The molecule has 2 aliphatic rings. The van der Waals surface area contributed by atoms with E-state index in [4.69, 9.17) is 5.11 Å². The van der Waals surface area contributed by atoms with Gasteiger partial charge in [-0.05, 0) is 61.7 Å². The number of likely N-dealkylation sites (N-methyl/N-ethyl adjacent to an activating group) is 1. The van der Waals surface area contributed by atoms with Crippen LogP contribution in [0.25, 0.3) is 0 Å². The number of carboxylic acid groups (broad SMARTS) is 1. The number of amides is 2. The van der Waals surface area contributed by atoms with E-state index in [2.05, 4.69) is 47.0 Å². The van der Waals surface area contributed by atoms with E-state index in [1.165, 1.54) is 12.1 Å². The number of carbonyl (C=O) groups excluding carboxylic acids is 1. The fraction of sp³-hybridized carbons (Fsp3) is 0.481. The van der Waals surface area contributed by atoms with Crippen molar-refractivity contribution >= 4 is 43.9 Å². The van der Waals surface area contributed by atoms with Crippen molar-refractivity contribution in [3.05, 3.63) is 68.4 Å². The van der Waals surface area contributed by atoms with Gasteiger partial charge in [-0.3, -0.25) is 9.69 Å². The van der Waals surface area contributed by atoms with Gasteiger partial charge in [0.05, 0.1) is 0 Å². The lowest BCUT2D eigenvalue weighted by Gasteiger charge is -2.48. The van der Waals surface area contributed by atoms with E-state index >= 15 is 0 Å². The molecule has 0 aliphatic carbocycles. The van der Waals surface area contributed by atoms with Crippen LogP contribution in [0, 0.1) is 5.82 Å². The van der Waals surface area contributed by atoms with E-state index < -0.39 is 6.09 Å². The molecule has 0 spiro atoms. The minimum atomic E-state index is -0.944. The Kier molecular flexibility index (Phi) is 9.61. The molecular formula is C27H33Br2FN4O3. The summed E-state index contributed by atoms with van der Waals surface area (Å²) in [5.41, 5.74) is 1.64. The van der Waals surface area contributed by atoms with Gasteiger partial charge in [0.15, 0.2) is 0 Å². The Labute approximate surface area is 234 Å². The second-order valence-corrected chi connectivity index (χ2v) is 11.9. The zero-order valence-electron chi connectivity index (χ0n) is 20.9. The molecule has 37 heavy (non-hydrogen) atoms. The third kappa shape index (κ3) is 7.75. The van der Waals surface area contributed by atoms with Crippen LogP contribution in [0.1, 0.15) is 41.1 Å². The van der Waals surface area contributed by atoms with Crippen LogP contribution in [0.15, 0.2) is 51.4 Å². The standard InChI is InChI=1S/C27H33Br2FN4O3/c1-32(26(35)20-12-21(28)14-22(29)13-20)15-19(18-2-4-23(30)5-3-18)6-9-33-16-25(17-33)34-10-7-24(8-11-34)31-27(36)37/h2-5,12-14,19,24-25,31H,6-11,15-17H2,1H3,(H,36,37). The summed E-state index contributed by atoms with van der Waals surface area (Å²) in [7, 11) is 1.82. The van der Waals surface area contributed by atoms with Crippen molar-refractivity contribution < 1.29 is 19.1 Å². The largest absolute Gasteiger partial charge is 0.465 e. The van der Waals surface area contributed by atoms with Crippen LogP contribution >= 0.6 is 31.9 Å². The quantitative estimate of drug-likeness (QED) is 0.403. The van der Waals surface area contributed by atoms with Crippen LogP contribution in [0.3, 0.4) is 0 Å². The second kappa shape index (κ2) is 12.7. The van der Waals surface area contributed by atoms with Gasteiger partial charge in [0.1, 0.15) is 5.82 Å². The van der Waals surface area contributed by atoms with E-state index in [0.29, 0.717) is 18.2 Å². The molecule has 2 N–H and O–H groups in total. The number of hydrogen-bond donors (Lipinski definition) is 2. The van der Waals surface area contributed by atoms with Gasteiger partial charge in [-0.15, -0.1) is 0 Å². The molecule has 1 unspecified atom stereocenters. The van der Waals surface area contributed by atoms with Crippen LogP contribution in [0.2, 0.25) is 0 Å². The summed E-state index contributed by atoms with van der Waals surface area (Å²) in [5, 5.41) is 11.5. The molecule has 2 aliphatic heterocycles. The first kappa shape index (κ1) is 28.0. The maximum Gasteiger partial charge on any atom is 0.404 e. The Bertz CT molecular complexity index is 1070. The maximum atomic E-state index is 13.6. The van der Waals surface area contributed by atoms with Gasteiger partial charge in [-0.1, -0.05) is 44.0 Å². The number of nitrogens with zero attached hydrogens (tertiary/aromatic N) is 3. The monoisotopic (exact) mass is 638 g/mol. The van der Waals surface area contributed by atoms with Crippen molar-refractivity contribution in [1.82, 2.24) is 20.0 Å². The van der Waals surface area contributed by atoms with E-state index in [1.807, 2.05) is 37.4 Å². The van der Waals surface area contributed by atoms with Crippen LogP contribution < -0.4 is 5.32 Å². The highest BCUT2D eigenvalue weighted by Crippen LogP contribution is 2.27. The molecule has 0 aromatic heterocycles. The van der Waals surface area contributed by atoms with Gasteiger partial charge in [0.25, 0.3) is 5.91 Å². The van der Waals surface area contributed by atoms with Gasteiger partial charge >= 0.3 is 6.09 Å². The summed E-state index contributed by atoms with van der Waals surface area (Å²) in [6.07, 6.45) is 1.62. The number of likely N-dealkylation sites (tertiary alicyclic amines) is 2. The fourth-order valence-electron chi connectivity index (χ4n) is 5.29. The highest BCUT2D eigenvalue weighted by Gasteiger charge is 2.34. The molecule has 2 aromatic rings. The maximum absolute atomic E-state index is 13.6. The van der Waals surface area contributed by atoms with Crippen LogP contribution in [-0.2, 0) is 0 Å². The predicted molar refractivity (Wildman–Crippen MR) is 149 cm³/mol. The molecule has 2 aromatic carbocycles. The van der Waals surface area contributed by atoms with Crippen molar-refractivity contribution in [3.63, 3.8) is 0 Å². The smallest absolute Gasteiger partial charge is 0.404 e. The van der Waals surface area contributed by atoms with Crippen molar-refractivity contribution in [2.24, 2.45) is 0 Å². The Morgan fingerprint density at radius 3 is 2.32 bits per heavy atom. The lowest BCUT2D eigenvalue weighted by Crippen LogP contribution is -2.61. The second-order valence-electron chi connectivity index (χ2n) is 10.1.